The predicted molar refractivity (Wildman–Crippen MR) is 119 cm³/mol. The number of amides is 1. The molecule has 168 valence electrons. The topological polar surface area (TPSA) is 69.7 Å². The SMILES string of the molecule is CS(=O)(=O)N(CC(=O)NCc1cccc(CN2CCCCC2)c1)Cc1ccccc1F. The van der Waals surface area contributed by atoms with Crippen LogP contribution in [0, 0.1) is 5.82 Å². The Kier molecular flexibility index (Phi) is 8.17. The summed E-state index contributed by atoms with van der Waals surface area (Å²) in [7, 11) is -3.68. The first-order valence-electron chi connectivity index (χ1n) is 10.6. The quantitative estimate of drug-likeness (QED) is 0.642. The minimum atomic E-state index is -3.68. The van der Waals surface area contributed by atoms with Crippen LogP contribution in [-0.4, -0.2) is 49.4 Å². The van der Waals surface area contributed by atoms with Gasteiger partial charge < -0.3 is 5.32 Å². The third kappa shape index (κ3) is 7.41. The number of sulfonamides is 1. The van der Waals surface area contributed by atoms with E-state index in [1.165, 1.54) is 43.0 Å². The molecule has 0 spiro atoms. The van der Waals surface area contributed by atoms with Gasteiger partial charge in [-0.05, 0) is 43.1 Å². The van der Waals surface area contributed by atoms with E-state index in [4.69, 9.17) is 0 Å². The fourth-order valence-corrected chi connectivity index (χ4v) is 4.46. The molecule has 2 aromatic rings. The van der Waals surface area contributed by atoms with Gasteiger partial charge in [-0.3, -0.25) is 9.69 Å². The molecule has 0 saturated carbocycles. The number of nitrogens with one attached hydrogen (secondary N) is 1. The average Bonchev–Trinajstić information content (AvgIpc) is 2.74. The van der Waals surface area contributed by atoms with Gasteiger partial charge in [0.2, 0.25) is 15.9 Å². The molecule has 2 aromatic carbocycles. The van der Waals surface area contributed by atoms with Gasteiger partial charge in [-0.2, -0.15) is 4.31 Å². The van der Waals surface area contributed by atoms with Crippen molar-refractivity contribution in [2.24, 2.45) is 0 Å². The molecule has 1 heterocycles. The minimum Gasteiger partial charge on any atom is -0.351 e. The lowest BCUT2D eigenvalue weighted by molar-refractivity contribution is -0.121. The molecule has 0 aliphatic carbocycles. The second-order valence-electron chi connectivity index (χ2n) is 8.06. The number of carbonyl (C=O) groups is 1. The van der Waals surface area contributed by atoms with Crippen molar-refractivity contribution in [3.8, 4) is 0 Å². The lowest BCUT2D eigenvalue weighted by Crippen LogP contribution is -2.39. The molecule has 1 amide bonds. The van der Waals surface area contributed by atoms with Crippen molar-refractivity contribution in [1.82, 2.24) is 14.5 Å². The smallest absolute Gasteiger partial charge is 0.235 e. The lowest BCUT2D eigenvalue weighted by atomic mass is 10.1. The van der Waals surface area contributed by atoms with E-state index in [-0.39, 0.29) is 18.7 Å². The molecule has 6 nitrogen and oxygen atoms in total. The van der Waals surface area contributed by atoms with Gasteiger partial charge in [0.1, 0.15) is 5.82 Å². The number of carbonyl (C=O) groups excluding carboxylic acids is 1. The summed E-state index contributed by atoms with van der Waals surface area (Å²) >= 11 is 0. The Morgan fingerprint density at radius 3 is 2.48 bits per heavy atom. The van der Waals surface area contributed by atoms with Crippen LogP contribution < -0.4 is 5.32 Å². The van der Waals surface area contributed by atoms with E-state index in [9.17, 15) is 17.6 Å². The van der Waals surface area contributed by atoms with Gasteiger partial charge in [-0.1, -0.05) is 48.9 Å². The number of halogens is 1. The maximum atomic E-state index is 13.9. The zero-order valence-electron chi connectivity index (χ0n) is 17.9. The summed E-state index contributed by atoms with van der Waals surface area (Å²) in [6.07, 6.45) is 4.79. The summed E-state index contributed by atoms with van der Waals surface area (Å²) in [6.45, 7) is 2.88. The van der Waals surface area contributed by atoms with Crippen LogP contribution in [0.5, 0.6) is 0 Å². The molecule has 0 aromatic heterocycles. The molecule has 0 atom stereocenters. The largest absolute Gasteiger partial charge is 0.351 e. The first-order chi connectivity index (χ1) is 14.8. The molecular weight excluding hydrogens is 417 g/mol. The van der Waals surface area contributed by atoms with Crippen LogP contribution in [-0.2, 0) is 34.5 Å². The molecule has 0 unspecified atom stereocenters. The number of rotatable bonds is 9. The molecule has 1 saturated heterocycles. The predicted octanol–water partition coefficient (Wildman–Crippen LogP) is 2.89. The van der Waals surface area contributed by atoms with Gasteiger partial charge in [0.15, 0.2) is 0 Å². The number of benzene rings is 2. The van der Waals surface area contributed by atoms with Gasteiger partial charge in [0.05, 0.1) is 12.8 Å². The molecule has 31 heavy (non-hydrogen) atoms. The van der Waals surface area contributed by atoms with E-state index in [2.05, 4.69) is 22.3 Å². The molecule has 1 aliphatic rings. The second-order valence-corrected chi connectivity index (χ2v) is 10.0. The monoisotopic (exact) mass is 447 g/mol. The van der Waals surface area contributed by atoms with Crippen LogP contribution in [0.15, 0.2) is 48.5 Å². The van der Waals surface area contributed by atoms with Crippen molar-refractivity contribution in [1.29, 1.82) is 0 Å². The van der Waals surface area contributed by atoms with Crippen molar-refractivity contribution in [3.63, 3.8) is 0 Å². The summed E-state index contributed by atoms with van der Waals surface area (Å²) in [4.78, 5) is 14.9. The number of hydrogen-bond donors (Lipinski definition) is 1. The summed E-state index contributed by atoms with van der Waals surface area (Å²) in [5.41, 5.74) is 2.39. The first-order valence-corrected chi connectivity index (χ1v) is 12.4. The highest BCUT2D eigenvalue weighted by molar-refractivity contribution is 7.88. The van der Waals surface area contributed by atoms with Crippen LogP contribution in [0.2, 0.25) is 0 Å². The van der Waals surface area contributed by atoms with Crippen molar-refractivity contribution < 1.29 is 17.6 Å². The molecule has 8 heteroatoms. The van der Waals surface area contributed by atoms with Crippen molar-refractivity contribution >= 4 is 15.9 Å². The van der Waals surface area contributed by atoms with Crippen LogP contribution >= 0.6 is 0 Å². The summed E-state index contributed by atoms with van der Waals surface area (Å²) in [5, 5.41) is 2.78. The Bertz CT molecular complexity index is 991. The van der Waals surface area contributed by atoms with E-state index in [0.717, 1.165) is 35.8 Å². The molecule has 1 N–H and O–H groups in total. The van der Waals surface area contributed by atoms with Gasteiger partial charge >= 0.3 is 0 Å². The maximum absolute atomic E-state index is 13.9. The lowest BCUT2D eigenvalue weighted by Gasteiger charge is -2.26. The molecule has 0 bridgehead atoms. The fraction of sp³-hybridized carbons (Fsp3) is 0.435. The number of piperidine rings is 1. The number of nitrogens with zero attached hydrogens (tertiary/aromatic N) is 2. The third-order valence-corrected chi connectivity index (χ3v) is 6.63. The van der Waals surface area contributed by atoms with Gasteiger partial charge in [0, 0.05) is 25.2 Å². The maximum Gasteiger partial charge on any atom is 0.235 e. The summed E-state index contributed by atoms with van der Waals surface area (Å²) < 4.78 is 39.1. The van der Waals surface area contributed by atoms with E-state index in [1.54, 1.807) is 6.07 Å². The molecule has 1 fully saturated rings. The number of hydrogen-bond acceptors (Lipinski definition) is 4. The average molecular weight is 448 g/mol. The highest BCUT2D eigenvalue weighted by Crippen LogP contribution is 2.15. The first kappa shape index (κ1) is 23.4. The second kappa shape index (κ2) is 10.8. The zero-order valence-corrected chi connectivity index (χ0v) is 18.7. The van der Waals surface area contributed by atoms with E-state index in [1.807, 2.05) is 12.1 Å². The summed E-state index contributed by atoms with van der Waals surface area (Å²) in [5.74, 6) is -0.926. The van der Waals surface area contributed by atoms with E-state index in [0.29, 0.717) is 6.54 Å². The Labute approximate surface area is 184 Å². The van der Waals surface area contributed by atoms with E-state index < -0.39 is 21.7 Å². The molecule has 1 aliphatic heterocycles. The fourth-order valence-electron chi connectivity index (χ4n) is 3.74. The third-order valence-electron chi connectivity index (χ3n) is 5.43. The van der Waals surface area contributed by atoms with Crippen LogP contribution in [0.4, 0.5) is 4.39 Å². The van der Waals surface area contributed by atoms with Gasteiger partial charge in [-0.25, -0.2) is 12.8 Å². The zero-order chi connectivity index (χ0) is 22.3. The van der Waals surface area contributed by atoms with E-state index >= 15 is 0 Å². The standard InChI is InChI=1S/C23H30FN3O3S/c1-31(29,30)27(17-21-10-3-4-11-22(21)24)18-23(28)25-15-19-8-7-9-20(14-19)16-26-12-5-2-6-13-26/h3-4,7-11,14H,2,5-6,12-13,15-18H2,1H3,(H,25,28). The van der Waals surface area contributed by atoms with Crippen molar-refractivity contribution in [3.05, 3.63) is 71.0 Å². The van der Waals surface area contributed by atoms with Gasteiger partial charge in [-0.15, -0.1) is 0 Å². The molecular formula is C23H30FN3O3S. The Morgan fingerprint density at radius 2 is 1.77 bits per heavy atom. The van der Waals surface area contributed by atoms with Crippen LogP contribution in [0.1, 0.15) is 36.0 Å². The molecule has 3 rings (SSSR count). The van der Waals surface area contributed by atoms with Crippen LogP contribution in [0.3, 0.4) is 0 Å². The van der Waals surface area contributed by atoms with Crippen molar-refractivity contribution in [2.45, 2.75) is 38.9 Å². The number of likely N-dealkylation sites (tertiary alicyclic amines) is 1. The minimum absolute atomic E-state index is 0.190. The normalized spacial score (nSPS) is 15.2. The Morgan fingerprint density at radius 1 is 1.06 bits per heavy atom. The summed E-state index contributed by atoms with van der Waals surface area (Å²) in [6, 6.07) is 14.0. The molecule has 0 radical (unpaired) electrons. The highest BCUT2D eigenvalue weighted by atomic mass is 32.2. The van der Waals surface area contributed by atoms with Crippen LogP contribution in [0.25, 0.3) is 0 Å². The van der Waals surface area contributed by atoms with Crippen molar-refractivity contribution in [2.75, 3.05) is 25.9 Å². The van der Waals surface area contributed by atoms with Gasteiger partial charge in [0.25, 0.3) is 0 Å². The Hall–Kier alpha value is -2.29. The Balaban J connectivity index is 1.56. The highest BCUT2D eigenvalue weighted by Gasteiger charge is 2.21.